The van der Waals surface area contributed by atoms with Gasteiger partial charge in [-0.3, -0.25) is 14.9 Å². The van der Waals surface area contributed by atoms with Gasteiger partial charge >= 0.3 is 0 Å². The third-order valence-electron chi connectivity index (χ3n) is 4.97. The molecule has 0 radical (unpaired) electrons. The highest BCUT2D eigenvalue weighted by Gasteiger charge is 2.19. The van der Waals surface area contributed by atoms with Crippen LogP contribution in [0.5, 0.6) is 0 Å². The summed E-state index contributed by atoms with van der Waals surface area (Å²) >= 11 is 1.19. The molecule has 3 aromatic rings. The zero-order valence-electron chi connectivity index (χ0n) is 15.8. The summed E-state index contributed by atoms with van der Waals surface area (Å²) in [5.41, 5.74) is 5.56. The van der Waals surface area contributed by atoms with Crippen molar-refractivity contribution in [3.8, 4) is 0 Å². The quantitative estimate of drug-likeness (QED) is 0.674. The van der Waals surface area contributed by atoms with Crippen molar-refractivity contribution >= 4 is 34.0 Å². The lowest BCUT2D eigenvalue weighted by atomic mass is 10.1. The fraction of sp³-hybridized carbons (Fsp3) is 0.227. The number of carbonyl (C=O) groups is 2. The van der Waals surface area contributed by atoms with Crippen LogP contribution in [0.15, 0.2) is 42.5 Å². The molecule has 0 spiro atoms. The SMILES string of the molecule is Cc1ccccc1C(=O)Nc1nc(C)c(C(=O)Nc2ccc3c(c2)CCC3)s1. The highest BCUT2D eigenvalue weighted by Crippen LogP contribution is 2.27. The second kappa shape index (κ2) is 7.56. The molecule has 1 aromatic heterocycles. The molecule has 2 amide bonds. The van der Waals surface area contributed by atoms with Gasteiger partial charge in [0.05, 0.1) is 5.69 Å². The Hall–Kier alpha value is -2.99. The van der Waals surface area contributed by atoms with E-state index in [4.69, 9.17) is 0 Å². The summed E-state index contributed by atoms with van der Waals surface area (Å²) in [5.74, 6) is -0.429. The Bertz CT molecular complexity index is 1070. The Morgan fingerprint density at radius 1 is 0.964 bits per heavy atom. The molecule has 0 bridgehead atoms. The number of carbonyl (C=O) groups excluding carboxylic acids is 2. The van der Waals surface area contributed by atoms with Crippen molar-refractivity contribution in [3.05, 3.63) is 75.3 Å². The van der Waals surface area contributed by atoms with Crippen LogP contribution in [0.2, 0.25) is 0 Å². The van der Waals surface area contributed by atoms with E-state index in [-0.39, 0.29) is 11.8 Å². The van der Waals surface area contributed by atoms with Gasteiger partial charge in [-0.15, -0.1) is 0 Å². The average molecular weight is 391 g/mol. The number of rotatable bonds is 4. The smallest absolute Gasteiger partial charge is 0.267 e. The minimum atomic E-state index is -0.225. The number of fused-ring (bicyclic) bond motifs is 1. The van der Waals surface area contributed by atoms with Crippen molar-refractivity contribution < 1.29 is 9.59 Å². The van der Waals surface area contributed by atoms with E-state index in [1.807, 2.05) is 31.2 Å². The lowest BCUT2D eigenvalue weighted by Gasteiger charge is -2.06. The summed E-state index contributed by atoms with van der Waals surface area (Å²) < 4.78 is 0. The van der Waals surface area contributed by atoms with E-state index < -0.39 is 0 Å². The first-order valence-corrected chi connectivity index (χ1v) is 10.1. The van der Waals surface area contributed by atoms with Crippen LogP contribution >= 0.6 is 11.3 Å². The van der Waals surface area contributed by atoms with Gasteiger partial charge in [0, 0.05) is 11.3 Å². The number of hydrogen-bond donors (Lipinski definition) is 2. The average Bonchev–Trinajstić information content (AvgIpc) is 3.27. The lowest BCUT2D eigenvalue weighted by molar-refractivity contribution is 0.101. The maximum Gasteiger partial charge on any atom is 0.267 e. The molecule has 2 aromatic carbocycles. The Balaban J connectivity index is 1.48. The Morgan fingerprint density at radius 2 is 1.75 bits per heavy atom. The highest BCUT2D eigenvalue weighted by molar-refractivity contribution is 7.17. The number of anilines is 2. The van der Waals surface area contributed by atoms with Crippen LogP contribution < -0.4 is 10.6 Å². The Kier molecular flexibility index (Phi) is 4.96. The number of thiazole rings is 1. The summed E-state index contributed by atoms with van der Waals surface area (Å²) in [6.45, 7) is 3.66. The highest BCUT2D eigenvalue weighted by atomic mass is 32.1. The molecule has 5 nitrogen and oxygen atoms in total. The first-order valence-electron chi connectivity index (χ1n) is 9.29. The van der Waals surface area contributed by atoms with Crippen LogP contribution in [-0.4, -0.2) is 16.8 Å². The third-order valence-corrected chi connectivity index (χ3v) is 6.04. The predicted molar refractivity (Wildman–Crippen MR) is 112 cm³/mol. The molecule has 4 rings (SSSR count). The molecule has 0 atom stereocenters. The molecule has 2 N–H and O–H groups in total. The van der Waals surface area contributed by atoms with Gasteiger partial charge < -0.3 is 5.32 Å². The van der Waals surface area contributed by atoms with Crippen LogP contribution in [0.4, 0.5) is 10.8 Å². The van der Waals surface area contributed by atoms with Crippen LogP contribution in [-0.2, 0) is 12.8 Å². The standard InChI is InChI=1S/C22H21N3O2S/c1-13-6-3-4-9-18(13)20(26)25-22-23-14(2)19(28-22)21(27)24-17-11-10-15-7-5-8-16(15)12-17/h3-4,6,9-12H,5,7-8H2,1-2H3,(H,24,27)(H,23,25,26). The van der Waals surface area contributed by atoms with Crippen LogP contribution in [0.1, 0.15) is 48.8 Å². The van der Waals surface area contributed by atoms with Crippen molar-refractivity contribution in [1.82, 2.24) is 4.98 Å². The van der Waals surface area contributed by atoms with E-state index in [1.165, 1.54) is 28.9 Å². The molecule has 0 aliphatic heterocycles. The largest absolute Gasteiger partial charge is 0.321 e. The van der Waals surface area contributed by atoms with Gasteiger partial charge in [0.1, 0.15) is 4.88 Å². The second-order valence-corrected chi connectivity index (χ2v) is 7.99. The Morgan fingerprint density at radius 3 is 2.57 bits per heavy atom. The van der Waals surface area contributed by atoms with Crippen molar-refractivity contribution in [3.63, 3.8) is 0 Å². The molecule has 0 saturated carbocycles. The summed E-state index contributed by atoms with van der Waals surface area (Å²) in [4.78, 5) is 30.0. The van der Waals surface area contributed by atoms with Crippen LogP contribution in [0, 0.1) is 13.8 Å². The van der Waals surface area contributed by atoms with Crippen LogP contribution in [0.3, 0.4) is 0 Å². The summed E-state index contributed by atoms with van der Waals surface area (Å²) in [7, 11) is 0. The van der Waals surface area contributed by atoms with Gasteiger partial charge in [0.15, 0.2) is 5.13 Å². The van der Waals surface area contributed by atoms with E-state index in [0.717, 1.165) is 24.1 Å². The number of aromatic nitrogens is 1. The lowest BCUT2D eigenvalue weighted by Crippen LogP contribution is -2.13. The first kappa shape index (κ1) is 18.4. The van der Waals surface area contributed by atoms with Gasteiger partial charge in [-0.25, -0.2) is 4.98 Å². The zero-order chi connectivity index (χ0) is 19.7. The van der Waals surface area contributed by atoms with E-state index in [0.29, 0.717) is 21.3 Å². The minimum absolute atomic E-state index is 0.204. The predicted octanol–water partition coefficient (Wildman–Crippen LogP) is 4.75. The van der Waals surface area contributed by atoms with E-state index in [9.17, 15) is 9.59 Å². The van der Waals surface area contributed by atoms with Crippen LogP contribution in [0.25, 0.3) is 0 Å². The normalized spacial score (nSPS) is 12.5. The van der Waals surface area contributed by atoms with Crippen molar-refractivity contribution in [2.45, 2.75) is 33.1 Å². The molecule has 142 valence electrons. The fourth-order valence-electron chi connectivity index (χ4n) is 3.49. The van der Waals surface area contributed by atoms with Gasteiger partial charge in [-0.2, -0.15) is 0 Å². The second-order valence-electron chi connectivity index (χ2n) is 6.99. The number of nitrogens with zero attached hydrogens (tertiary/aromatic N) is 1. The van der Waals surface area contributed by atoms with Gasteiger partial charge in [-0.1, -0.05) is 35.6 Å². The minimum Gasteiger partial charge on any atom is -0.321 e. The monoisotopic (exact) mass is 391 g/mol. The fourth-order valence-corrected chi connectivity index (χ4v) is 4.35. The van der Waals surface area contributed by atoms with Crippen molar-refractivity contribution in [2.75, 3.05) is 10.6 Å². The van der Waals surface area contributed by atoms with Gasteiger partial charge in [0.2, 0.25) is 0 Å². The number of benzene rings is 2. The first-order chi connectivity index (χ1) is 13.5. The molecular formula is C22H21N3O2S. The number of aryl methyl sites for hydroxylation is 4. The maximum absolute atomic E-state index is 12.7. The Labute approximate surface area is 167 Å². The number of nitrogens with one attached hydrogen (secondary N) is 2. The van der Waals surface area contributed by atoms with Crippen molar-refractivity contribution in [2.24, 2.45) is 0 Å². The van der Waals surface area contributed by atoms with E-state index in [1.54, 1.807) is 13.0 Å². The molecule has 0 fully saturated rings. The third kappa shape index (κ3) is 3.68. The molecule has 28 heavy (non-hydrogen) atoms. The van der Waals surface area contributed by atoms with Gasteiger partial charge in [0.25, 0.3) is 11.8 Å². The van der Waals surface area contributed by atoms with E-state index in [2.05, 4.69) is 27.8 Å². The maximum atomic E-state index is 12.7. The molecule has 1 aliphatic carbocycles. The molecular weight excluding hydrogens is 370 g/mol. The molecule has 0 unspecified atom stereocenters. The molecule has 1 heterocycles. The molecule has 0 saturated heterocycles. The zero-order valence-corrected chi connectivity index (χ0v) is 16.7. The van der Waals surface area contributed by atoms with Crippen molar-refractivity contribution in [1.29, 1.82) is 0 Å². The van der Waals surface area contributed by atoms with Gasteiger partial charge in [-0.05, 0) is 68.0 Å². The molecule has 6 heteroatoms. The summed E-state index contributed by atoms with van der Waals surface area (Å²) in [6, 6.07) is 13.5. The van der Waals surface area contributed by atoms with E-state index >= 15 is 0 Å². The summed E-state index contributed by atoms with van der Waals surface area (Å²) in [6.07, 6.45) is 3.35. The topological polar surface area (TPSA) is 71.1 Å². The molecule has 1 aliphatic rings. The number of amides is 2. The summed E-state index contributed by atoms with van der Waals surface area (Å²) in [5, 5.41) is 6.18. The number of hydrogen-bond acceptors (Lipinski definition) is 4.